The van der Waals surface area contributed by atoms with Crippen LogP contribution in [0.25, 0.3) is 0 Å². The standard InChI is InChI=1S/C81H158O17P2/c1-9-74(8)60-52-44-36-31-32-38-46-54-62-79(84)92-68-77(98-81(86)64-56-48-40-30-24-18-17-21-27-35-43-51-59-73(6)7)70-96-100(89,90)94-66-75(82)65-93-99(87,88)95-69-76(67-91-78(83)61-53-45-37-28-22-16-12-14-20-26-34-42-50-58-72(4)5)97-80(85)63-55-47-39-29-23-15-11-10-13-19-25-33-41-49-57-71(2)3/h71-77,82H,9-70H2,1-8H3,(H,87,88)(H,89,90)/t74?,75-,76-,77-/m1/s1. The second-order valence-electron chi connectivity index (χ2n) is 30.8. The average Bonchev–Trinajstić information content (AvgIpc) is 0.974. The lowest BCUT2D eigenvalue weighted by molar-refractivity contribution is -0.161. The van der Waals surface area contributed by atoms with Gasteiger partial charge in [0.15, 0.2) is 12.2 Å². The number of phosphoric acid groups is 2. The summed E-state index contributed by atoms with van der Waals surface area (Å²) in [5.41, 5.74) is 0. The molecule has 0 aliphatic heterocycles. The number of hydrogen-bond acceptors (Lipinski definition) is 15. The van der Waals surface area contributed by atoms with Gasteiger partial charge in [-0.05, 0) is 49.4 Å². The molecule has 6 atom stereocenters. The van der Waals surface area contributed by atoms with E-state index in [-0.39, 0.29) is 25.7 Å². The normalized spacial score (nSPS) is 14.3. The third kappa shape index (κ3) is 73.0. The van der Waals surface area contributed by atoms with Crippen LogP contribution in [-0.4, -0.2) is 96.7 Å². The van der Waals surface area contributed by atoms with Crippen molar-refractivity contribution in [1.29, 1.82) is 0 Å². The van der Waals surface area contributed by atoms with Gasteiger partial charge in [-0.25, -0.2) is 9.13 Å². The van der Waals surface area contributed by atoms with Crippen LogP contribution in [0.4, 0.5) is 0 Å². The molecule has 594 valence electrons. The molecule has 0 fully saturated rings. The largest absolute Gasteiger partial charge is 0.472 e. The van der Waals surface area contributed by atoms with Crippen LogP contribution in [0.1, 0.15) is 415 Å². The Bertz CT molecular complexity index is 1960. The van der Waals surface area contributed by atoms with Crippen molar-refractivity contribution in [2.75, 3.05) is 39.6 Å². The number of hydrogen-bond donors (Lipinski definition) is 3. The average molecular weight is 1470 g/mol. The van der Waals surface area contributed by atoms with Gasteiger partial charge in [0, 0.05) is 25.7 Å². The molecule has 0 amide bonds. The molecule has 0 spiro atoms. The summed E-state index contributed by atoms with van der Waals surface area (Å²) in [5.74, 6) is 1.03. The Balaban J connectivity index is 5.28. The lowest BCUT2D eigenvalue weighted by atomic mass is 9.99. The molecule has 0 saturated heterocycles. The molecule has 0 heterocycles. The van der Waals surface area contributed by atoms with E-state index in [9.17, 15) is 43.2 Å². The Morgan fingerprint density at radius 2 is 0.480 bits per heavy atom. The van der Waals surface area contributed by atoms with Gasteiger partial charge in [0.25, 0.3) is 0 Å². The molecule has 0 bridgehead atoms. The van der Waals surface area contributed by atoms with Gasteiger partial charge in [-0.2, -0.15) is 0 Å². The van der Waals surface area contributed by atoms with Crippen LogP contribution in [0.15, 0.2) is 0 Å². The maximum absolute atomic E-state index is 13.1. The summed E-state index contributed by atoms with van der Waals surface area (Å²) in [6.07, 6.45) is 56.7. The molecule has 100 heavy (non-hydrogen) atoms. The summed E-state index contributed by atoms with van der Waals surface area (Å²) >= 11 is 0. The summed E-state index contributed by atoms with van der Waals surface area (Å²) in [6, 6.07) is 0. The molecule has 0 aromatic rings. The van der Waals surface area contributed by atoms with Crippen LogP contribution in [0.3, 0.4) is 0 Å². The summed E-state index contributed by atoms with van der Waals surface area (Å²) < 4.78 is 68.8. The van der Waals surface area contributed by atoms with E-state index in [0.29, 0.717) is 25.7 Å². The molecule has 0 radical (unpaired) electrons. The highest BCUT2D eigenvalue weighted by molar-refractivity contribution is 7.47. The minimum Gasteiger partial charge on any atom is -0.462 e. The number of carbonyl (C=O) groups is 4. The number of aliphatic hydroxyl groups is 1. The number of phosphoric ester groups is 2. The molecule has 0 aromatic carbocycles. The number of esters is 4. The fraction of sp³-hybridized carbons (Fsp3) is 0.951. The smallest absolute Gasteiger partial charge is 0.462 e. The van der Waals surface area contributed by atoms with Gasteiger partial charge in [-0.1, -0.05) is 364 Å². The predicted molar refractivity (Wildman–Crippen MR) is 409 cm³/mol. The maximum atomic E-state index is 13.1. The van der Waals surface area contributed by atoms with E-state index in [1.54, 1.807) is 0 Å². The molecule has 3 unspecified atom stereocenters. The highest BCUT2D eigenvalue weighted by atomic mass is 31.2. The van der Waals surface area contributed by atoms with Crippen LogP contribution in [0.5, 0.6) is 0 Å². The first-order valence-electron chi connectivity index (χ1n) is 41.7. The molecule has 0 saturated carbocycles. The van der Waals surface area contributed by atoms with Crippen LogP contribution >= 0.6 is 15.6 Å². The third-order valence-electron chi connectivity index (χ3n) is 19.2. The first kappa shape index (κ1) is 98.1. The Morgan fingerprint density at radius 3 is 0.710 bits per heavy atom. The summed E-state index contributed by atoms with van der Waals surface area (Å²) in [4.78, 5) is 73.1. The summed E-state index contributed by atoms with van der Waals surface area (Å²) in [7, 11) is -9.92. The van der Waals surface area contributed by atoms with E-state index < -0.39 is 97.5 Å². The quantitative estimate of drug-likeness (QED) is 0.0222. The van der Waals surface area contributed by atoms with Crippen LogP contribution in [-0.2, 0) is 65.4 Å². The first-order chi connectivity index (χ1) is 48.1. The number of carbonyl (C=O) groups excluding carboxylic acids is 4. The van der Waals surface area contributed by atoms with Gasteiger partial charge in [-0.15, -0.1) is 0 Å². The number of rotatable bonds is 78. The maximum Gasteiger partial charge on any atom is 0.472 e. The highest BCUT2D eigenvalue weighted by Gasteiger charge is 2.30. The van der Waals surface area contributed by atoms with E-state index in [1.807, 2.05) is 0 Å². The van der Waals surface area contributed by atoms with Crippen molar-refractivity contribution in [2.24, 2.45) is 23.7 Å². The first-order valence-corrected chi connectivity index (χ1v) is 44.7. The lowest BCUT2D eigenvalue weighted by Crippen LogP contribution is -2.30. The predicted octanol–water partition coefficient (Wildman–Crippen LogP) is 24.0. The van der Waals surface area contributed by atoms with Crippen LogP contribution in [0, 0.1) is 23.7 Å². The van der Waals surface area contributed by atoms with E-state index in [1.165, 1.54) is 218 Å². The molecule has 19 heteroatoms. The van der Waals surface area contributed by atoms with Gasteiger partial charge in [0.1, 0.15) is 19.3 Å². The SMILES string of the molecule is CCC(C)CCCCCCCCCCC(=O)OC[C@H](COP(=O)(O)OC[C@H](O)COP(=O)(O)OC[C@@H](COC(=O)CCCCCCCCCCCCCCCC(C)C)OC(=O)CCCCCCCCCCCCCCCCC(C)C)OC(=O)CCCCCCCCCCCCCCC(C)C. The molecule has 17 nitrogen and oxygen atoms in total. The fourth-order valence-electron chi connectivity index (χ4n) is 12.4. The summed E-state index contributed by atoms with van der Waals surface area (Å²) in [6.45, 7) is 14.3. The zero-order valence-electron chi connectivity index (χ0n) is 65.8. The Hall–Kier alpha value is -1.94. The van der Waals surface area contributed by atoms with Crippen molar-refractivity contribution in [3.63, 3.8) is 0 Å². The second-order valence-corrected chi connectivity index (χ2v) is 33.7. The molecule has 0 aliphatic carbocycles. The van der Waals surface area contributed by atoms with E-state index >= 15 is 0 Å². The van der Waals surface area contributed by atoms with Gasteiger partial charge >= 0.3 is 39.5 Å². The van der Waals surface area contributed by atoms with Crippen molar-refractivity contribution in [3.8, 4) is 0 Å². The van der Waals surface area contributed by atoms with Gasteiger partial charge in [0.05, 0.1) is 26.4 Å². The van der Waals surface area contributed by atoms with Crippen molar-refractivity contribution in [1.82, 2.24) is 0 Å². The van der Waals surface area contributed by atoms with E-state index in [2.05, 4.69) is 55.4 Å². The van der Waals surface area contributed by atoms with Crippen molar-refractivity contribution >= 4 is 39.5 Å². The molecule has 0 rings (SSSR count). The topological polar surface area (TPSA) is 237 Å². The minimum absolute atomic E-state index is 0.106. The van der Waals surface area contributed by atoms with E-state index in [0.717, 1.165) is 114 Å². The zero-order valence-corrected chi connectivity index (χ0v) is 67.6. The van der Waals surface area contributed by atoms with Gasteiger partial charge < -0.3 is 33.8 Å². The Kier molecular flexibility index (Phi) is 68.7. The number of ether oxygens (including phenoxy) is 4. The highest BCUT2D eigenvalue weighted by Crippen LogP contribution is 2.45. The third-order valence-corrected chi connectivity index (χ3v) is 21.1. The summed E-state index contributed by atoms with van der Waals surface area (Å²) in [5, 5.41) is 10.6. The van der Waals surface area contributed by atoms with Crippen LogP contribution < -0.4 is 0 Å². The van der Waals surface area contributed by atoms with Crippen LogP contribution in [0.2, 0.25) is 0 Å². The molecule has 0 aliphatic rings. The number of aliphatic hydroxyl groups excluding tert-OH is 1. The van der Waals surface area contributed by atoms with Crippen molar-refractivity contribution < 1.29 is 80.2 Å². The number of unbranched alkanes of at least 4 members (excludes halogenated alkanes) is 43. The molecule has 3 N–H and O–H groups in total. The van der Waals surface area contributed by atoms with Gasteiger partial charge in [0.2, 0.25) is 0 Å². The van der Waals surface area contributed by atoms with E-state index in [4.69, 9.17) is 37.0 Å². The fourth-order valence-corrected chi connectivity index (χ4v) is 14.0. The monoisotopic (exact) mass is 1470 g/mol. The molecular formula is C81H158O17P2. The molecule has 0 aromatic heterocycles. The van der Waals surface area contributed by atoms with Gasteiger partial charge in [-0.3, -0.25) is 37.3 Å². The lowest BCUT2D eigenvalue weighted by Gasteiger charge is -2.21. The zero-order chi connectivity index (χ0) is 73.8. The second kappa shape index (κ2) is 70.1. The Morgan fingerprint density at radius 1 is 0.280 bits per heavy atom. The minimum atomic E-state index is -4.96. The molecular weight excluding hydrogens is 1310 g/mol. The van der Waals surface area contributed by atoms with Crippen molar-refractivity contribution in [2.45, 2.75) is 433 Å². The Labute approximate surface area is 613 Å². The van der Waals surface area contributed by atoms with Crippen molar-refractivity contribution in [3.05, 3.63) is 0 Å².